The molecule has 0 radical (unpaired) electrons. The van der Waals surface area contributed by atoms with Gasteiger partial charge < -0.3 is 14.2 Å². The van der Waals surface area contributed by atoms with Crippen molar-refractivity contribution in [2.24, 2.45) is 0 Å². The molecule has 0 aromatic carbocycles. The molecule has 5 heteroatoms. The summed E-state index contributed by atoms with van der Waals surface area (Å²) in [7, 11) is 0. The number of esters is 2. The van der Waals surface area contributed by atoms with Crippen LogP contribution in [0.3, 0.4) is 0 Å². The van der Waals surface area contributed by atoms with Gasteiger partial charge in [-0.05, 0) is 51.4 Å². The van der Waals surface area contributed by atoms with Gasteiger partial charge in [0.2, 0.25) is 0 Å². The van der Waals surface area contributed by atoms with Crippen LogP contribution in [0.2, 0.25) is 0 Å². The molecule has 60 heavy (non-hydrogen) atoms. The Morgan fingerprint density at radius 1 is 0.367 bits per heavy atom. The lowest BCUT2D eigenvalue weighted by atomic mass is 10.0. The number of hydrogen-bond acceptors (Lipinski definition) is 5. The van der Waals surface area contributed by atoms with Crippen LogP contribution in [0.25, 0.3) is 0 Å². The molecule has 5 nitrogen and oxygen atoms in total. The van der Waals surface area contributed by atoms with Crippen LogP contribution in [-0.2, 0) is 23.8 Å². The van der Waals surface area contributed by atoms with E-state index in [1.54, 1.807) is 0 Å². The summed E-state index contributed by atoms with van der Waals surface area (Å²) in [4.78, 5) is 25.1. The number of rotatable bonds is 50. The van der Waals surface area contributed by atoms with Gasteiger partial charge in [-0.3, -0.25) is 9.59 Å². The van der Waals surface area contributed by atoms with Gasteiger partial charge >= 0.3 is 11.9 Å². The molecule has 0 rings (SSSR count). The average Bonchev–Trinajstić information content (AvgIpc) is 3.25. The minimum Gasteiger partial charge on any atom is -0.462 e. The predicted octanol–water partition coefficient (Wildman–Crippen LogP) is 18.0. The van der Waals surface area contributed by atoms with E-state index in [0.717, 1.165) is 51.4 Å². The van der Waals surface area contributed by atoms with Crippen molar-refractivity contribution in [2.45, 2.75) is 297 Å². The maximum absolute atomic E-state index is 12.6. The zero-order valence-electron chi connectivity index (χ0n) is 40.7. The number of hydrogen-bond donors (Lipinski definition) is 0. The molecule has 0 heterocycles. The fourth-order valence-corrected chi connectivity index (χ4v) is 7.95. The first-order valence-electron chi connectivity index (χ1n) is 26.9. The Balaban J connectivity index is 3.94. The van der Waals surface area contributed by atoms with E-state index in [1.165, 1.54) is 205 Å². The van der Waals surface area contributed by atoms with Crippen LogP contribution in [0.15, 0.2) is 24.3 Å². The normalized spacial score (nSPS) is 12.2. The van der Waals surface area contributed by atoms with E-state index < -0.39 is 6.10 Å². The smallest absolute Gasteiger partial charge is 0.306 e. The largest absolute Gasteiger partial charge is 0.462 e. The lowest BCUT2D eigenvalue weighted by Gasteiger charge is -2.18. The summed E-state index contributed by atoms with van der Waals surface area (Å²) >= 11 is 0. The summed E-state index contributed by atoms with van der Waals surface area (Å²) in [6.07, 6.45) is 60.8. The van der Waals surface area contributed by atoms with Crippen LogP contribution < -0.4 is 0 Å². The zero-order chi connectivity index (χ0) is 43.5. The third kappa shape index (κ3) is 49.0. The van der Waals surface area contributed by atoms with E-state index in [0.29, 0.717) is 26.1 Å². The maximum atomic E-state index is 12.6. The van der Waals surface area contributed by atoms with E-state index in [9.17, 15) is 9.59 Å². The van der Waals surface area contributed by atoms with E-state index in [-0.39, 0.29) is 18.5 Å². The van der Waals surface area contributed by atoms with Crippen LogP contribution in [0, 0.1) is 0 Å². The van der Waals surface area contributed by atoms with Crippen molar-refractivity contribution in [1.82, 2.24) is 0 Å². The molecule has 0 aliphatic carbocycles. The summed E-state index contributed by atoms with van der Waals surface area (Å²) in [5, 5.41) is 0. The van der Waals surface area contributed by atoms with Gasteiger partial charge in [-0.1, -0.05) is 251 Å². The third-order valence-electron chi connectivity index (χ3n) is 12.0. The number of carbonyl (C=O) groups excluding carboxylic acids is 2. The van der Waals surface area contributed by atoms with Crippen molar-refractivity contribution in [3.8, 4) is 0 Å². The number of unbranched alkanes of at least 4 members (excludes halogenated alkanes) is 35. The highest BCUT2D eigenvalue weighted by Gasteiger charge is 2.17. The molecule has 354 valence electrons. The number of carbonyl (C=O) groups is 2. The summed E-state index contributed by atoms with van der Waals surface area (Å²) in [6.45, 7) is 7.78. The van der Waals surface area contributed by atoms with Crippen LogP contribution in [0.1, 0.15) is 290 Å². The predicted molar refractivity (Wildman–Crippen MR) is 261 cm³/mol. The minimum absolute atomic E-state index is 0.0904. The Morgan fingerprint density at radius 2 is 0.700 bits per heavy atom. The van der Waals surface area contributed by atoms with Crippen LogP contribution in [0.4, 0.5) is 0 Å². The van der Waals surface area contributed by atoms with Gasteiger partial charge in [0.05, 0.1) is 6.61 Å². The second-order valence-corrected chi connectivity index (χ2v) is 18.1. The second-order valence-electron chi connectivity index (χ2n) is 18.1. The van der Waals surface area contributed by atoms with E-state index >= 15 is 0 Å². The molecular weight excluding hydrogens is 741 g/mol. The Morgan fingerprint density at radius 3 is 1.13 bits per heavy atom. The average molecular weight is 845 g/mol. The van der Waals surface area contributed by atoms with Gasteiger partial charge in [0.1, 0.15) is 6.61 Å². The molecule has 0 aromatic heterocycles. The molecule has 0 N–H and O–H groups in total. The van der Waals surface area contributed by atoms with Gasteiger partial charge in [-0.25, -0.2) is 0 Å². The molecule has 0 bridgehead atoms. The maximum Gasteiger partial charge on any atom is 0.306 e. The molecule has 0 aliphatic rings. The molecule has 1 atom stereocenters. The van der Waals surface area contributed by atoms with Gasteiger partial charge in [0, 0.05) is 19.4 Å². The Bertz CT molecular complexity index is 913. The molecule has 1 unspecified atom stereocenters. The van der Waals surface area contributed by atoms with Gasteiger partial charge in [0.15, 0.2) is 6.10 Å². The SMILES string of the molecule is CCCCC/C=C\C/C=C\CCCCCCCCCCCCOCC(COC(=O)CCCCCCCCCCCCCCCCCCCCC)OC(=O)CCCCCCC. The van der Waals surface area contributed by atoms with E-state index in [2.05, 4.69) is 45.1 Å². The summed E-state index contributed by atoms with van der Waals surface area (Å²) in [5.74, 6) is -0.394. The standard InChI is InChI=1S/C55H104O5/c1-4-7-10-13-15-17-19-21-23-25-27-29-31-33-35-37-39-41-44-47-50-58-51-53(60-55(57)49-46-42-12-9-6-3)52-59-54(56)48-45-43-40-38-36-34-32-30-28-26-24-22-20-18-16-14-11-8-5-2/h15,17,21,23,53H,4-14,16,18-20,22,24-52H2,1-3H3/b17-15-,23-21-. The molecular formula is C55H104O5. The molecule has 0 aliphatic heterocycles. The summed E-state index contributed by atoms with van der Waals surface area (Å²) in [6, 6.07) is 0. The Kier molecular flexibility index (Phi) is 50.3. The lowest BCUT2D eigenvalue weighted by molar-refractivity contribution is -0.163. The Labute approximate surface area is 375 Å². The first kappa shape index (κ1) is 58.4. The highest BCUT2D eigenvalue weighted by Crippen LogP contribution is 2.16. The quantitative estimate of drug-likeness (QED) is 0.0347. The van der Waals surface area contributed by atoms with Crippen molar-refractivity contribution in [3.63, 3.8) is 0 Å². The van der Waals surface area contributed by atoms with Crippen molar-refractivity contribution in [2.75, 3.05) is 19.8 Å². The van der Waals surface area contributed by atoms with Gasteiger partial charge in [0.25, 0.3) is 0 Å². The monoisotopic (exact) mass is 845 g/mol. The first-order valence-corrected chi connectivity index (χ1v) is 26.9. The molecule has 0 aromatic rings. The highest BCUT2D eigenvalue weighted by atomic mass is 16.6. The third-order valence-corrected chi connectivity index (χ3v) is 12.0. The van der Waals surface area contributed by atoms with Crippen molar-refractivity contribution in [1.29, 1.82) is 0 Å². The second kappa shape index (κ2) is 51.7. The first-order chi connectivity index (χ1) is 29.6. The topological polar surface area (TPSA) is 61.8 Å². The van der Waals surface area contributed by atoms with E-state index in [1.807, 2.05) is 0 Å². The molecule has 0 saturated carbocycles. The number of allylic oxidation sites excluding steroid dienone is 4. The lowest BCUT2D eigenvalue weighted by Crippen LogP contribution is -2.30. The minimum atomic E-state index is -0.527. The number of ether oxygens (including phenoxy) is 3. The summed E-state index contributed by atoms with van der Waals surface area (Å²) in [5.41, 5.74) is 0. The molecule has 0 amide bonds. The molecule has 0 spiro atoms. The highest BCUT2D eigenvalue weighted by molar-refractivity contribution is 5.70. The fourth-order valence-electron chi connectivity index (χ4n) is 7.95. The van der Waals surface area contributed by atoms with Gasteiger partial charge in [-0.15, -0.1) is 0 Å². The zero-order valence-corrected chi connectivity index (χ0v) is 40.7. The van der Waals surface area contributed by atoms with Gasteiger partial charge in [-0.2, -0.15) is 0 Å². The molecule has 0 fully saturated rings. The van der Waals surface area contributed by atoms with Crippen LogP contribution in [0.5, 0.6) is 0 Å². The van der Waals surface area contributed by atoms with Crippen molar-refractivity contribution < 1.29 is 23.8 Å². The fraction of sp³-hybridized carbons (Fsp3) is 0.891. The van der Waals surface area contributed by atoms with E-state index in [4.69, 9.17) is 14.2 Å². The molecule has 0 saturated heterocycles. The van der Waals surface area contributed by atoms with Crippen molar-refractivity contribution >= 4 is 11.9 Å². The summed E-state index contributed by atoms with van der Waals surface area (Å²) < 4.78 is 17.3. The van der Waals surface area contributed by atoms with Crippen LogP contribution >= 0.6 is 0 Å². The Hall–Kier alpha value is -1.62. The van der Waals surface area contributed by atoms with Crippen molar-refractivity contribution in [3.05, 3.63) is 24.3 Å². The van der Waals surface area contributed by atoms with Crippen LogP contribution in [-0.4, -0.2) is 37.9 Å².